The van der Waals surface area contributed by atoms with Gasteiger partial charge in [-0.25, -0.2) is 0 Å². The Balaban J connectivity index is 1.81. The van der Waals surface area contributed by atoms with Gasteiger partial charge in [-0.3, -0.25) is 4.79 Å². The van der Waals surface area contributed by atoms with Gasteiger partial charge in [-0.05, 0) is 55.8 Å². The summed E-state index contributed by atoms with van der Waals surface area (Å²) in [5.74, 6) is 1.27. The number of ether oxygens (including phenoxy) is 2. The summed E-state index contributed by atoms with van der Waals surface area (Å²) in [4.78, 5) is 12.0. The standard InChI is InChI=1S/C18H20BrNO3/c1-3-22-16-8-10-17(11-9-16)23-12-18(21)20-13(2)14-4-6-15(19)7-5-14/h4-11,13H,3,12H2,1-2H3,(H,20,21). The molecule has 2 rings (SSSR count). The number of nitrogens with one attached hydrogen (secondary N) is 1. The molecule has 1 amide bonds. The van der Waals surface area contributed by atoms with Gasteiger partial charge in [0, 0.05) is 4.47 Å². The van der Waals surface area contributed by atoms with Crippen LogP contribution in [0, 0.1) is 0 Å². The SMILES string of the molecule is CCOc1ccc(OCC(=O)NC(C)c2ccc(Br)cc2)cc1. The molecule has 1 atom stereocenters. The summed E-state index contributed by atoms with van der Waals surface area (Å²) < 4.78 is 11.9. The molecule has 0 heterocycles. The van der Waals surface area contributed by atoms with Gasteiger partial charge in [0.25, 0.3) is 5.91 Å². The van der Waals surface area contributed by atoms with Gasteiger partial charge < -0.3 is 14.8 Å². The number of amides is 1. The van der Waals surface area contributed by atoms with E-state index in [-0.39, 0.29) is 18.6 Å². The molecule has 0 spiro atoms. The fourth-order valence-corrected chi connectivity index (χ4v) is 2.33. The highest BCUT2D eigenvalue weighted by Gasteiger charge is 2.10. The molecule has 0 aliphatic carbocycles. The van der Waals surface area contributed by atoms with Crippen LogP contribution in [0.1, 0.15) is 25.5 Å². The zero-order valence-electron chi connectivity index (χ0n) is 13.2. The minimum Gasteiger partial charge on any atom is -0.494 e. The van der Waals surface area contributed by atoms with Gasteiger partial charge in [-0.15, -0.1) is 0 Å². The third-order valence-corrected chi connectivity index (χ3v) is 3.78. The molecule has 0 saturated carbocycles. The van der Waals surface area contributed by atoms with E-state index in [1.165, 1.54) is 0 Å². The normalized spacial score (nSPS) is 11.6. The van der Waals surface area contributed by atoms with E-state index in [1.807, 2.05) is 50.2 Å². The monoisotopic (exact) mass is 377 g/mol. The summed E-state index contributed by atoms with van der Waals surface area (Å²) in [7, 11) is 0. The molecule has 0 aliphatic rings. The Bertz CT molecular complexity index is 626. The highest BCUT2D eigenvalue weighted by molar-refractivity contribution is 9.10. The third-order valence-electron chi connectivity index (χ3n) is 3.25. The highest BCUT2D eigenvalue weighted by atomic mass is 79.9. The molecule has 122 valence electrons. The maximum atomic E-state index is 12.0. The van der Waals surface area contributed by atoms with E-state index in [0.29, 0.717) is 12.4 Å². The summed E-state index contributed by atoms with van der Waals surface area (Å²) in [6.45, 7) is 4.48. The molecule has 4 nitrogen and oxygen atoms in total. The van der Waals surface area contributed by atoms with Crippen LogP contribution in [0.15, 0.2) is 53.0 Å². The highest BCUT2D eigenvalue weighted by Crippen LogP contribution is 2.18. The molecule has 1 N–H and O–H groups in total. The first-order valence-electron chi connectivity index (χ1n) is 7.49. The van der Waals surface area contributed by atoms with Crippen LogP contribution in [0.25, 0.3) is 0 Å². The Hall–Kier alpha value is -2.01. The average Bonchev–Trinajstić information content (AvgIpc) is 2.55. The van der Waals surface area contributed by atoms with Crippen molar-refractivity contribution in [2.75, 3.05) is 13.2 Å². The molecule has 0 aromatic heterocycles. The van der Waals surface area contributed by atoms with Gasteiger partial charge in [0.15, 0.2) is 6.61 Å². The summed E-state index contributed by atoms with van der Waals surface area (Å²) in [6, 6.07) is 15.0. The zero-order chi connectivity index (χ0) is 16.7. The van der Waals surface area contributed by atoms with Gasteiger partial charge >= 0.3 is 0 Å². The molecular weight excluding hydrogens is 358 g/mol. The van der Waals surface area contributed by atoms with Crippen molar-refractivity contribution in [3.63, 3.8) is 0 Å². The predicted molar refractivity (Wildman–Crippen MR) is 93.8 cm³/mol. The van der Waals surface area contributed by atoms with Crippen molar-refractivity contribution < 1.29 is 14.3 Å². The van der Waals surface area contributed by atoms with E-state index in [0.717, 1.165) is 15.8 Å². The summed E-state index contributed by atoms with van der Waals surface area (Å²) in [6.07, 6.45) is 0. The van der Waals surface area contributed by atoms with Gasteiger partial charge in [-0.1, -0.05) is 28.1 Å². The smallest absolute Gasteiger partial charge is 0.258 e. The number of hydrogen-bond donors (Lipinski definition) is 1. The summed E-state index contributed by atoms with van der Waals surface area (Å²) >= 11 is 3.39. The van der Waals surface area contributed by atoms with E-state index in [4.69, 9.17) is 9.47 Å². The molecule has 5 heteroatoms. The van der Waals surface area contributed by atoms with Crippen LogP contribution in [0.5, 0.6) is 11.5 Å². The minimum atomic E-state index is -0.158. The van der Waals surface area contributed by atoms with Crippen molar-refractivity contribution >= 4 is 21.8 Å². The topological polar surface area (TPSA) is 47.6 Å². The number of rotatable bonds is 7. The van der Waals surface area contributed by atoms with E-state index in [1.54, 1.807) is 12.1 Å². The fraction of sp³-hybridized carbons (Fsp3) is 0.278. The first-order valence-corrected chi connectivity index (χ1v) is 8.28. The third kappa shape index (κ3) is 5.60. The number of hydrogen-bond acceptors (Lipinski definition) is 3. The van der Waals surface area contributed by atoms with Gasteiger partial charge in [0.1, 0.15) is 11.5 Å². The van der Waals surface area contributed by atoms with E-state index >= 15 is 0 Å². The van der Waals surface area contributed by atoms with Crippen molar-refractivity contribution in [3.05, 3.63) is 58.6 Å². The minimum absolute atomic E-state index is 0.0190. The van der Waals surface area contributed by atoms with E-state index < -0.39 is 0 Å². The van der Waals surface area contributed by atoms with Crippen LogP contribution in [0.4, 0.5) is 0 Å². The Kier molecular flexibility index (Phi) is 6.47. The average molecular weight is 378 g/mol. The summed E-state index contributed by atoms with van der Waals surface area (Å²) in [5, 5.41) is 2.91. The second kappa shape index (κ2) is 8.58. The number of benzene rings is 2. The van der Waals surface area contributed by atoms with Gasteiger partial charge in [0.05, 0.1) is 12.6 Å². The van der Waals surface area contributed by atoms with Crippen LogP contribution in [-0.4, -0.2) is 19.1 Å². The molecule has 0 fully saturated rings. The lowest BCUT2D eigenvalue weighted by atomic mass is 10.1. The molecule has 0 aliphatic heterocycles. The largest absolute Gasteiger partial charge is 0.494 e. The van der Waals surface area contributed by atoms with E-state index in [2.05, 4.69) is 21.2 Å². The predicted octanol–water partition coefficient (Wildman–Crippen LogP) is 4.10. The van der Waals surface area contributed by atoms with Gasteiger partial charge in [-0.2, -0.15) is 0 Å². The van der Waals surface area contributed by atoms with Crippen LogP contribution in [0.3, 0.4) is 0 Å². The zero-order valence-corrected chi connectivity index (χ0v) is 14.8. The molecule has 0 radical (unpaired) electrons. The molecule has 2 aromatic carbocycles. The second-order valence-corrected chi connectivity index (χ2v) is 5.95. The fourth-order valence-electron chi connectivity index (χ4n) is 2.07. The van der Waals surface area contributed by atoms with E-state index in [9.17, 15) is 4.79 Å². The van der Waals surface area contributed by atoms with Crippen LogP contribution in [-0.2, 0) is 4.79 Å². The molecule has 0 bridgehead atoms. The molecule has 0 saturated heterocycles. The van der Waals surface area contributed by atoms with Gasteiger partial charge in [0.2, 0.25) is 0 Å². The summed E-state index contributed by atoms with van der Waals surface area (Å²) in [5.41, 5.74) is 1.04. The van der Waals surface area contributed by atoms with Crippen molar-refractivity contribution in [2.45, 2.75) is 19.9 Å². The Morgan fingerprint density at radius 3 is 2.17 bits per heavy atom. The number of halogens is 1. The van der Waals surface area contributed by atoms with Crippen LogP contribution < -0.4 is 14.8 Å². The molecule has 2 aromatic rings. The molecular formula is C18H20BrNO3. The Morgan fingerprint density at radius 2 is 1.61 bits per heavy atom. The maximum absolute atomic E-state index is 12.0. The van der Waals surface area contributed by atoms with Crippen molar-refractivity contribution in [1.82, 2.24) is 5.32 Å². The number of carbonyl (C=O) groups is 1. The lowest BCUT2D eigenvalue weighted by Crippen LogP contribution is -2.31. The maximum Gasteiger partial charge on any atom is 0.258 e. The van der Waals surface area contributed by atoms with Crippen LogP contribution >= 0.6 is 15.9 Å². The quantitative estimate of drug-likeness (QED) is 0.789. The Morgan fingerprint density at radius 1 is 1.04 bits per heavy atom. The lowest BCUT2D eigenvalue weighted by Gasteiger charge is -2.15. The van der Waals surface area contributed by atoms with Crippen LogP contribution in [0.2, 0.25) is 0 Å². The van der Waals surface area contributed by atoms with Crippen molar-refractivity contribution in [3.8, 4) is 11.5 Å². The first-order chi connectivity index (χ1) is 11.1. The first kappa shape index (κ1) is 17.3. The second-order valence-electron chi connectivity index (χ2n) is 5.03. The molecule has 23 heavy (non-hydrogen) atoms. The Labute approximate surface area is 144 Å². The molecule has 1 unspecified atom stereocenters. The van der Waals surface area contributed by atoms with Crippen molar-refractivity contribution in [1.29, 1.82) is 0 Å². The number of carbonyl (C=O) groups excluding carboxylic acids is 1. The lowest BCUT2D eigenvalue weighted by molar-refractivity contribution is -0.123. The van der Waals surface area contributed by atoms with Crippen molar-refractivity contribution in [2.24, 2.45) is 0 Å².